The van der Waals surface area contributed by atoms with Crippen LogP contribution in [0, 0.1) is 0 Å². The lowest BCUT2D eigenvalue weighted by molar-refractivity contribution is -0.156. The van der Waals surface area contributed by atoms with Crippen LogP contribution < -0.4 is 0 Å². The number of rotatable bonds is 5. The molecule has 0 spiro atoms. The molecule has 0 aromatic rings. The van der Waals surface area contributed by atoms with Crippen LogP contribution in [0.4, 0.5) is 0 Å². The van der Waals surface area contributed by atoms with Gasteiger partial charge in [-0.3, -0.25) is 9.35 Å². The van der Waals surface area contributed by atoms with Gasteiger partial charge in [0.1, 0.15) is 0 Å². The van der Waals surface area contributed by atoms with Gasteiger partial charge in [-0.05, 0) is 13.8 Å². The summed E-state index contributed by atoms with van der Waals surface area (Å²) >= 11 is 0. The molecular weight excluding hydrogens is 200 g/mol. The van der Waals surface area contributed by atoms with Crippen molar-refractivity contribution in [3.05, 3.63) is 0 Å². The van der Waals surface area contributed by atoms with Gasteiger partial charge in [-0.2, -0.15) is 8.42 Å². The first-order valence-corrected chi connectivity index (χ1v) is 5.14. The summed E-state index contributed by atoms with van der Waals surface area (Å²) in [6.07, 6.45) is -0.112. The molecule has 0 bridgehead atoms. The molecule has 7 heteroatoms. The summed E-state index contributed by atoms with van der Waals surface area (Å²) in [5.74, 6) is -2.09. The quantitative estimate of drug-likeness (QED) is 0.385. The minimum absolute atomic E-state index is 0.112. The maximum atomic E-state index is 10.6. The Morgan fingerprint density at radius 3 is 2.38 bits per heavy atom. The predicted octanol–water partition coefficient (Wildman–Crippen LogP) is -0.200. The molecule has 0 atom stereocenters. The van der Waals surface area contributed by atoms with E-state index < -0.39 is 21.8 Å². The second kappa shape index (κ2) is 5.15. The van der Waals surface area contributed by atoms with Gasteiger partial charge in [-0.25, -0.2) is 0 Å². The lowest BCUT2D eigenvalue weighted by Gasteiger charge is -2.07. The molecule has 0 aromatic heterocycles. The third-order valence-electron chi connectivity index (χ3n) is 0.922. The van der Waals surface area contributed by atoms with Gasteiger partial charge < -0.3 is 9.47 Å². The summed E-state index contributed by atoms with van der Waals surface area (Å²) in [4.78, 5) is 10.6. The Kier molecular flexibility index (Phi) is 4.89. The molecule has 0 heterocycles. The van der Waals surface area contributed by atoms with Crippen molar-refractivity contribution in [3.63, 3.8) is 0 Å². The highest BCUT2D eigenvalue weighted by Crippen LogP contribution is 1.90. The van der Waals surface area contributed by atoms with Crippen LogP contribution in [0.15, 0.2) is 0 Å². The largest absolute Gasteiger partial charge is 0.438 e. The second-order valence-corrected chi connectivity index (χ2v) is 4.03. The Morgan fingerprint density at radius 1 is 1.46 bits per heavy atom. The first kappa shape index (κ1) is 12.3. The van der Waals surface area contributed by atoms with Crippen LogP contribution >= 0.6 is 0 Å². The standard InChI is InChI=1S/C6H12O6S/c1-5(2)11-4-12-6(7)3-13(8,9)10/h5H,3-4H2,1-2H3,(H,8,9,10). The van der Waals surface area contributed by atoms with Crippen molar-refractivity contribution in [2.45, 2.75) is 20.0 Å². The normalized spacial score (nSPS) is 11.7. The van der Waals surface area contributed by atoms with E-state index >= 15 is 0 Å². The van der Waals surface area contributed by atoms with Crippen molar-refractivity contribution in [2.24, 2.45) is 0 Å². The van der Waals surface area contributed by atoms with Crippen LogP contribution in [-0.4, -0.2) is 37.6 Å². The summed E-state index contributed by atoms with van der Waals surface area (Å²) in [7, 11) is -4.30. The lowest BCUT2D eigenvalue weighted by atomic mass is 10.5. The molecule has 6 nitrogen and oxygen atoms in total. The van der Waals surface area contributed by atoms with Crippen molar-refractivity contribution >= 4 is 16.1 Å². The predicted molar refractivity (Wildman–Crippen MR) is 43.6 cm³/mol. The Bertz CT molecular complexity index is 254. The van der Waals surface area contributed by atoms with Crippen molar-refractivity contribution in [3.8, 4) is 0 Å². The molecule has 0 radical (unpaired) electrons. The van der Waals surface area contributed by atoms with E-state index in [1.54, 1.807) is 13.8 Å². The zero-order chi connectivity index (χ0) is 10.5. The third-order valence-corrected chi connectivity index (χ3v) is 1.52. The fourth-order valence-corrected chi connectivity index (χ4v) is 0.808. The molecule has 0 aliphatic carbocycles. The highest BCUT2D eigenvalue weighted by Gasteiger charge is 2.13. The Morgan fingerprint density at radius 2 is 2.00 bits per heavy atom. The number of carbonyl (C=O) groups is 1. The first-order chi connectivity index (χ1) is 5.81. The highest BCUT2D eigenvalue weighted by molar-refractivity contribution is 7.86. The third kappa shape index (κ3) is 9.25. The van der Waals surface area contributed by atoms with Crippen LogP contribution in [0.25, 0.3) is 0 Å². The summed E-state index contributed by atoms with van der Waals surface area (Å²) in [5, 5.41) is 0. The molecule has 0 unspecified atom stereocenters. The van der Waals surface area contributed by atoms with Crippen LogP contribution in [0.1, 0.15) is 13.8 Å². The maximum absolute atomic E-state index is 10.6. The minimum atomic E-state index is -4.30. The van der Waals surface area contributed by atoms with Gasteiger partial charge in [0.05, 0.1) is 6.10 Å². The van der Waals surface area contributed by atoms with Crippen molar-refractivity contribution in [2.75, 3.05) is 12.5 Å². The fourth-order valence-electron chi connectivity index (χ4n) is 0.426. The summed E-state index contributed by atoms with van der Waals surface area (Å²) in [5.41, 5.74) is 0. The van der Waals surface area contributed by atoms with Gasteiger partial charge in [-0.1, -0.05) is 0 Å². The van der Waals surface area contributed by atoms with Gasteiger partial charge in [0.25, 0.3) is 10.1 Å². The van der Waals surface area contributed by atoms with Crippen molar-refractivity contribution in [1.82, 2.24) is 0 Å². The second-order valence-electron chi connectivity index (χ2n) is 2.58. The molecule has 0 saturated carbocycles. The molecule has 13 heavy (non-hydrogen) atoms. The molecule has 0 aromatic carbocycles. The molecule has 0 aliphatic heterocycles. The molecule has 0 rings (SSSR count). The van der Waals surface area contributed by atoms with E-state index in [1.807, 2.05) is 0 Å². The van der Waals surface area contributed by atoms with E-state index in [4.69, 9.17) is 9.29 Å². The topological polar surface area (TPSA) is 89.9 Å². The molecular formula is C6H12O6S. The minimum Gasteiger partial charge on any atom is -0.438 e. The van der Waals surface area contributed by atoms with E-state index in [-0.39, 0.29) is 12.9 Å². The summed E-state index contributed by atoms with van der Waals surface area (Å²) in [6, 6.07) is 0. The lowest BCUT2D eigenvalue weighted by Crippen LogP contribution is -2.20. The van der Waals surface area contributed by atoms with Crippen LogP contribution in [-0.2, 0) is 24.4 Å². The zero-order valence-electron chi connectivity index (χ0n) is 7.39. The summed E-state index contributed by atoms with van der Waals surface area (Å²) in [6.45, 7) is 3.15. The van der Waals surface area contributed by atoms with E-state index in [1.165, 1.54) is 0 Å². The molecule has 0 aliphatic rings. The van der Waals surface area contributed by atoms with Crippen LogP contribution in [0.3, 0.4) is 0 Å². The molecule has 0 fully saturated rings. The van der Waals surface area contributed by atoms with Gasteiger partial charge in [0, 0.05) is 0 Å². The van der Waals surface area contributed by atoms with Crippen LogP contribution in [0.5, 0.6) is 0 Å². The van der Waals surface area contributed by atoms with E-state index in [0.717, 1.165) is 0 Å². The summed E-state index contributed by atoms with van der Waals surface area (Å²) < 4.78 is 37.7. The highest BCUT2D eigenvalue weighted by atomic mass is 32.2. The number of ether oxygens (including phenoxy) is 2. The SMILES string of the molecule is CC(C)OCOC(=O)CS(=O)(=O)O. The molecule has 1 N–H and O–H groups in total. The zero-order valence-corrected chi connectivity index (χ0v) is 8.20. The van der Waals surface area contributed by atoms with E-state index in [9.17, 15) is 13.2 Å². The fraction of sp³-hybridized carbons (Fsp3) is 0.833. The monoisotopic (exact) mass is 212 g/mol. The Labute approximate surface area is 76.6 Å². The number of hydrogen-bond donors (Lipinski definition) is 1. The first-order valence-electron chi connectivity index (χ1n) is 3.53. The number of carbonyl (C=O) groups excluding carboxylic acids is 1. The average Bonchev–Trinajstić information content (AvgIpc) is 1.81. The van der Waals surface area contributed by atoms with E-state index in [2.05, 4.69) is 4.74 Å². The number of hydrogen-bond acceptors (Lipinski definition) is 5. The van der Waals surface area contributed by atoms with Gasteiger partial charge in [-0.15, -0.1) is 0 Å². The average molecular weight is 212 g/mol. The van der Waals surface area contributed by atoms with Crippen molar-refractivity contribution in [1.29, 1.82) is 0 Å². The van der Waals surface area contributed by atoms with Crippen molar-refractivity contribution < 1.29 is 27.2 Å². The molecule has 78 valence electrons. The number of esters is 1. The Balaban J connectivity index is 3.65. The van der Waals surface area contributed by atoms with Gasteiger partial charge in [0.2, 0.25) is 0 Å². The molecule has 0 saturated heterocycles. The van der Waals surface area contributed by atoms with Gasteiger partial charge in [0.15, 0.2) is 12.5 Å². The molecule has 0 amide bonds. The smallest absolute Gasteiger partial charge is 0.325 e. The van der Waals surface area contributed by atoms with Crippen LogP contribution in [0.2, 0.25) is 0 Å². The Hall–Kier alpha value is -0.660. The van der Waals surface area contributed by atoms with Gasteiger partial charge >= 0.3 is 5.97 Å². The van der Waals surface area contributed by atoms with E-state index in [0.29, 0.717) is 0 Å². The maximum Gasteiger partial charge on any atom is 0.325 e.